The average molecular weight is 1560 g/mol. The molecule has 0 spiro atoms. The van der Waals surface area contributed by atoms with E-state index in [0.29, 0.717) is 59.1 Å². The molecular formula is C56H52Br3N9O17S6. The van der Waals surface area contributed by atoms with Gasteiger partial charge in [-0.1, -0.05) is 59.6 Å². The molecule has 35 heteroatoms. The fourth-order valence-electron chi connectivity index (χ4n) is 7.59. The Hall–Kier alpha value is -7.12. The first kappa shape index (κ1) is 71.3. The maximum Gasteiger partial charge on any atom is 0.293 e. The molecule has 480 valence electrons. The number of sulfone groups is 2. The first-order valence-corrected chi connectivity index (χ1v) is 35.5. The third-order valence-corrected chi connectivity index (χ3v) is 19.7. The molecule has 6 aromatic rings. The van der Waals surface area contributed by atoms with Crippen LogP contribution in [0.25, 0.3) is 18.2 Å². The van der Waals surface area contributed by atoms with Crippen LogP contribution >= 0.6 is 94.8 Å². The number of rotatable bonds is 18. The number of benzene rings is 3. The van der Waals surface area contributed by atoms with Crippen molar-refractivity contribution in [3.63, 3.8) is 0 Å². The summed E-state index contributed by atoms with van der Waals surface area (Å²) in [7, 11) is 1.37. The summed E-state index contributed by atoms with van der Waals surface area (Å²) in [6.07, 6.45) is 13.0. The number of ether oxygens (including phenoxy) is 6. The minimum atomic E-state index is -3.61. The van der Waals surface area contributed by atoms with Crippen LogP contribution in [0.1, 0.15) is 44.5 Å². The van der Waals surface area contributed by atoms with Gasteiger partial charge in [-0.2, -0.15) is 15.0 Å². The average Bonchev–Trinajstić information content (AvgIpc) is 2.77. The number of carbonyl (C=O) groups excluding carboxylic acids is 6. The largest absolute Gasteiger partial charge is 0.504 e. The maximum absolute atomic E-state index is 12.2. The predicted molar refractivity (Wildman–Crippen MR) is 352 cm³/mol. The van der Waals surface area contributed by atoms with Crippen molar-refractivity contribution in [2.45, 2.75) is 49.1 Å². The van der Waals surface area contributed by atoms with E-state index in [1.54, 1.807) is 31.5 Å². The van der Waals surface area contributed by atoms with Crippen LogP contribution in [-0.4, -0.2) is 161 Å². The van der Waals surface area contributed by atoms with E-state index in [2.05, 4.69) is 77.7 Å². The first-order valence-electron chi connectivity index (χ1n) is 25.7. The number of aromatic hydroxyl groups is 1. The number of thioether (sulfide) groups is 4. The molecule has 3 saturated heterocycles. The van der Waals surface area contributed by atoms with E-state index in [1.807, 2.05) is 38.3 Å². The Morgan fingerprint density at radius 1 is 0.516 bits per heavy atom. The van der Waals surface area contributed by atoms with E-state index in [1.165, 1.54) is 77.7 Å². The van der Waals surface area contributed by atoms with Gasteiger partial charge in [0.05, 0.1) is 52.7 Å². The molecule has 0 radical (unpaired) electrons. The molecule has 0 unspecified atom stereocenters. The Kier molecular flexibility index (Phi) is 23.9. The lowest BCUT2D eigenvalue weighted by molar-refractivity contribution is -0.122. The van der Waals surface area contributed by atoms with Gasteiger partial charge < -0.3 is 33.5 Å². The highest BCUT2D eigenvalue weighted by Gasteiger charge is 2.34. The SMILES string of the molecule is COc1nc(S(C)(=O)=O)ncc1COc1cc(/C=C2\SC(=O)N(C)C2=O)c(Br)cc1C.COc1nc(S(C)(=O)=O)ncc1COc1cc(/C=C2\SC(=O)N(C)C2=O)c(Br)cc1O.COc1nc(SC)ncc1COc1cc(/C=C2\SC(=O)N(C)C2=O)c(Br)cc1C. The van der Waals surface area contributed by atoms with Crippen molar-refractivity contribution < 1.29 is 79.1 Å². The first-order chi connectivity index (χ1) is 42.8. The lowest BCUT2D eigenvalue weighted by Crippen LogP contribution is -2.22. The molecule has 0 saturated carbocycles. The number of aromatic nitrogens is 6. The fraction of sp³-hybridized carbons (Fsp3) is 0.250. The summed E-state index contributed by atoms with van der Waals surface area (Å²) in [6.45, 7) is 3.90. The summed E-state index contributed by atoms with van der Waals surface area (Å²) in [5, 5.41) is 9.12. The normalized spacial score (nSPS) is 15.5. The highest BCUT2D eigenvalue weighted by molar-refractivity contribution is 9.11. The van der Waals surface area contributed by atoms with Crippen LogP contribution in [0.15, 0.2) is 98.6 Å². The van der Waals surface area contributed by atoms with E-state index >= 15 is 0 Å². The van der Waals surface area contributed by atoms with Crippen molar-refractivity contribution in [2.75, 3.05) is 61.2 Å². The number of carbonyl (C=O) groups is 6. The zero-order chi connectivity index (χ0) is 67.0. The number of phenols is 1. The number of methoxy groups -OCH3 is 3. The molecular weight excluding hydrogens is 1500 g/mol. The van der Waals surface area contributed by atoms with E-state index in [9.17, 15) is 50.7 Å². The molecule has 26 nitrogen and oxygen atoms in total. The Morgan fingerprint density at radius 3 is 1.15 bits per heavy atom. The monoisotopic (exact) mass is 1550 g/mol. The lowest BCUT2D eigenvalue weighted by atomic mass is 10.1. The molecule has 6 amide bonds. The molecule has 1 N–H and O–H groups in total. The number of hydrogen-bond acceptors (Lipinski definition) is 27. The number of halogens is 3. The minimum absolute atomic E-state index is 0.0175. The molecule has 6 heterocycles. The van der Waals surface area contributed by atoms with Gasteiger partial charge in [0.25, 0.3) is 33.4 Å². The second-order valence-electron chi connectivity index (χ2n) is 19.0. The van der Waals surface area contributed by atoms with Crippen molar-refractivity contribution >= 4 is 166 Å². The van der Waals surface area contributed by atoms with Crippen LogP contribution in [0, 0.1) is 13.8 Å². The second kappa shape index (κ2) is 30.5. The van der Waals surface area contributed by atoms with E-state index in [4.69, 9.17) is 28.4 Å². The third-order valence-electron chi connectivity index (χ3n) is 12.5. The zero-order valence-electron chi connectivity index (χ0n) is 49.6. The van der Waals surface area contributed by atoms with Gasteiger partial charge in [0, 0.05) is 65.7 Å². The van der Waals surface area contributed by atoms with Crippen molar-refractivity contribution in [1.29, 1.82) is 0 Å². The smallest absolute Gasteiger partial charge is 0.293 e. The number of amides is 6. The van der Waals surface area contributed by atoms with Gasteiger partial charge in [0.1, 0.15) is 31.3 Å². The second-order valence-corrected chi connectivity index (χ2v) is 29.2. The lowest BCUT2D eigenvalue weighted by Gasteiger charge is -2.13. The molecule has 91 heavy (non-hydrogen) atoms. The Labute approximate surface area is 564 Å². The fourth-order valence-corrected chi connectivity index (χ4v) is 13.0. The summed E-state index contributed by atoms with van der Waals surface area (Å²) in [6, 6.07) is 10.2. The number of nitrogens with zero attached hydrogens (tertiary/aromatic N) is 9. The summed E-state index contributed by atoms with van der Waals surface area (Å²) >= 11 is 14.3. The van der Waals surface area contributed by atoms with Crippen LogP contribution in [0.2, 0.25) is 0 Å². The maximum atomic E-state index is 12.2. The molecule has 0 aliphatic carbocycles. The van der Waals surface area contributed by atoms with Gasteiger partial charge in [0.2, 0.25) is 47.6 Å². The highest BCUT2D eigenvalue weighted by atomic mass is 79.9. The van der Waals surface area contributed by atoms with Crippen LogP contribution in [0.5, 0.6) is 40.6 Å². The molecule has 3 aliphatic rings. The number of aryl methyl sites for hydroxylation is 2. The third kappa shape index (κ3) is 17.7. The standard InChI is InChI=1S/C19H18BrN3O6S2.C19H18BrN3O4S2.C18H16BrN3O7S2/c1-10-5-13(20)11(7-15-17(24)23(2)19(25)30-15)6-14(10)29-9-12-8-21-18(31(4,26)27)22-16(12)28-3;1-10-5-13(20)11(7-15-17(24)23(2)19(25)29-15)6-14(10)27-9-12-8-21-18(28-4)22-16(12)26-3;1-22-16(24)14(30-18(22)25)5-9-4-13(12(23)6-11(9)19)29-8-10-7-20-17(31(3,26)27)21-15(10)28-2/h5-8H,9H2,1-4H3;5-8H,9H2,1-4H3;4-7,23H,8H2,1-3H3/b2*15-7-;14-5-. The molecule has 9 rings (SSSR count). The van der Waals surface area contributed by atoms with Gasteiger partial charge in [-0.05, 0) is 138 Å². The molecule has 3 aromatic carbocycles. The zero-order valence-corrected chi connectivity index (χ0v) is 59.3. The van der Waals surface area contributed by atoms with Crippen molar-refractivity contribution in [3.8, 4) is 40.6 Å². The van der Waals surface area contributed by atoms with Crippen molar-refractivity contribution in [1.82, 2.24) is 44.6 Å². The van der Waals surface area contributed by atoms with Gasteiger partial charge >= 0.3 is 0 Å². The number of likely N-dealkylation sites (N-methyl/N-ethyl adjacent to an activating group) is 3. The van der Waals surface area contributed by atoms with Crippen LogP contribution in [-0.2, 0) is 53.9 Å². The molecule has 3 aromatic heterocycles. The van der Waals surface area contributed by atoms with Gasteiger partial charge in [-0.3, -0.25) is 43.5 Å². The highest BCUT2D eigenvalue weighted by Crippen LogP contribution is 2.40. The van der Waals surface area contributed by atoms with Crippen LogP contribution < -0.4 is 28.4 Å². The van der Waals surface area contributed by atoms with E-state index in [0.717, 1.165) is 93.7 Å². The number of phenolic OH excluding ortho intramolecular Hbond substituents is 1. The molecule has 0 bridgehead atoms. The van der Waals surface area contributed by atoms with Crippen LogP contribution in [0.3, 0.4) is 0 Å². The molecule has 0 atom stereocenters. The van der Waals surface area contributed by atoms with E-state index < -0.39 is 25.6 Å². The van der Waals surface area contributed by atoms with Gasteiger partial charge in [0.15, 0.2) is 16.7 Å². The molecule has 3 fully saturated rings. The van der Waals surface area contributed by atoms with Gasteiger partial charge in [-0.25, -0.2) is 31.8 Å². The topological polar surface area (TPSA) is 333 Å². The summed E-state index contributed by atoms with van der Waals surface area (Å²) in [5.41, 5.74) is 5.18. The summed E-state index contributed by atoms with van der Waals surface area (Å²) in [5.74, 6) is 0.556. The Morgan fingerprint density at radius 2 is 0.835 bits per heavy atom. The van der Waals surface area contributed by atoms with Crippen molar-refractivity contribution in [2.24, 2.45) is 0 Å². The molecule has 3 aliphatic heterocycles. The predicted octanol–water partition coefficient (Wildman–Crippen LogP) is 10.3. The Bertz CT molecular complexity index is 4110. The quantitative estimate of drug-likeness (QED) is 0.0475. The summed E-state index contributed by atoms with van der Waals surface area (Å²) < 4.78 is 81.6. The van der Waals surface area contributed by atoms with Crippen LogP contribution in [0.4, 0.5) is 14.4 Å². The Balaban J connectivity index is 0.000000194. The number of hydrogen-bond donors (Lipinski definition) is 1. The van der Waals surface area contributed by atoms with Crippen molar-refractivity contribution in [3.05, 3.63) is 128 Å². The van der Waals surface area contributed by atoms with Gasteiger partial charge in [-0.15, -0.1) is 0 Å². The number of imide groups is 3. The summed E-state index contributed by atoms with van der Waals surface area (Å²) in [4.78, 5) is 99.7. The minimum Gasteiger partial charge on any atom is -0.504 e. The van der Waals surface area contributed by atoms with E-state index in [-0.39, 0.29) is 85.8 Å².